The molecule has 4 aromatic rings. The van der Waals surface area contributed by atoms with Gasteiger partial charge in [-0.1, -0.05) is 71.0 Å². The molecule has 0 aliphatic heterocycles. The van der Waals surface area contributed by atoms with Crippen molar-refractivity contribution in [2.45, 2.75) is 71.4 Å². The molecule has 6 heteroatoms. The molecule has 1 fully saturated rings. The quantitative estimate of drug-likeness (QED) is 0.417. The summed E-state index contributed by atoms with van der Waals surface area (Å²) in [6.07, 6.45) is 3.39. The van der Waals surface area contributed by atoms with Gasteiger partial charge in [0.05, 0.1) is 12.0 Å². The summed E-state index contributed by atoms with van der Waals surface area (Å²) in [6.45, 7) is 11.4. The maximum Gasteiger partial charge on any atom is 0.337 e. The highest BCUT2D eigenvalue weighted by molar-refractivity contribution is 5.72. The minimum atomic E-state index is -0.308. The van der Waals surface area contributed by atoms with Crippen molar-refractivity contribution in [3.8, 4) is 5.69 Å². The van der Waals surface area contributed by atoms with Crippen LogP contribution in [0, 0.1) is 0 Å². The summed E-state index contributed by atoms with van der Waals surface area (Å²) in [5.41, 5.74) is 4.69. The fourth-order valence-corrected chi connectivity index (χ4v) is 4.48. The average molecular weight is 457 g/mol. The first-order chi connectivity index (χ1) is 16.1. The first kappa shape index (κ1) is 22.4. The van der Waals surface area contributed by atoms with Crippen molar-refractivity contribution in [2.75, 3.05) is 0 Å². The Hall–Kier alpha value is -3.41. The van der Waals surface area contributed by atoms with Gasteiger partial charge in [-0.05, 0) is 53.0 Å². The maximum atomic E-state index is 13.5. The van der Waals surface area contributed by atoms with Gasteiger partial charge in [0, 0.05) is 12.6 Å². The Kier molecular flexibility index (Phi) is 5.34. The molecule has 1 aliphatic carbocycles. The van der Waals surface area contributed by atoms with Gasteiger partial charge in [-0.3, -0.25) is 9.36 Å². The van der Waals surface area contributed by atoms with Crippen molar-refractivity contribution in [3.05, 3.63) is 92.4 Å². The van der Waals surface area contributed by atoms with E-state index < -0.39 is 0 Å². The lowest BCUT2D eigenvalue weighted by Gasteiger charge is -2.19. The van der Waals surface area contributed by atoms with E-state index in [0.717, 1.165) is 24.1 Å². The summed E-state index contributed by atoms with van der Waals surface area (Å²) in [7, 11) is 0. The molecule has 176 valence electrons. The van der Waals surface area contributed by atoms with Gasteiger partial charge in [-0.2, -0.15) is 0 Å². The number of aromatic nitrogens is 4. The summed E-state index contributed by atoms with van der Waals surface area (Å²) in [6, 6.07) is 16.4. The van der Waals surface area contributed by atoms with Gasteiger partial charge in [0.25, 0.3) is 5.56 Å². The fourth-order valence-electron chi connectivity index (χ4n) is 4.48. The van der Waals surface area contributed by atoms with Gasteiger partial charge in [0.2, 0.25) is 0 Å². The molecule has 0 atom stereocenters. The molecular weight excluding hydrogens is 424 g/mol. The zero-order valence-corrected chi connectivity index (χ0v) is 20.6. The zero-order chi connectivity index (χ0) is 24.2. The third-order valence-corrected chi connectivity index (χ3v) is 6.75. The van der Waals surface area contributed by atoms with Crippen LogP contribution in [0.1, 0.15) is 76.1 Å². The molecule has 6 nitrogen and oxygen atoms in total. The van der Waals surface area contributed by atoms with Crippen LogP contribution >= 0.6 is 0 Å². The number of hydrogen-bond donors (Lipinski definition) is 0. The van der Waals surface area contributed by atoms with Gasteiger partial charge >= 0.3 is 5.69 Å². The van der Waals surface area contributed by atoms with Crippen molar-refractivity contribution < 1.29 is 0 Å². The smallest absolute Gasteiger partial charge is 0.320 e. The highest BCUT2D eigenvalue weighted by atomic mass is 16.2. The molecule has 0 amide bonds. The molecule has 1 saturated carbocycles. The van der Waals surface area contributed by atoms with Crippen LogP contribution in [-0.2, 0) is 12.0 Å². The summed E-state index contributed by atoms with van der Waals surface area (Å²) >= 11 is 0. The first-order valence-electron chi connectivity index (χ1n) is 12.1. The number of rotatable bonds is 5. The van der Waals surface area contributed by atoms with Crippen LogP contribution in [0.2, 0.25) is 0 Å². The summed E-state index contributed by atoms with van der Waals surface area (Å²) in [5.74, 6) is 0.398. The molecule has 2 heterocycles. The average Bonchev–Trinajstić information content (AvgIpc) is 3.54. The Morgan fingerprint density at radius 2 is 1.62 bits per heavy atom. The molecule has 34 heavy (non-hydrogen) atoms. The van der Waals surface area contributed by atoms with Crippen LogP contribution in [0.3, 0.4) is 0 Å². The highest BCUT2D eigenvalue weighted by Gasteiger charge is 2.30. The van der Waals surface area contributed by atoms with Crippen LogP contribution in [-0.4, -0.2) is 18.7 Å². The zero-order valence-electron chi connectivity index (χ0n) is 20.6. The lowest BCUT2D eigenvalue weighted by molar-refractivity contribution is 0.590. The molecule has 0 bridgehead atoms. The SMILES string of the molecule is CC(C)c1ccc(-n2c(=O)n(C3CC3)c(=O)c3c2ncn3Cc2ccc(C(C)(C)C)cc2)cc1. The van der Waals surface area contributed by atoms with Crippen LogP contribution in [0.25, 0.3) is 16.9 Å². The van der Waals surface area contributed by atoms with Crippen LogP contribution in [0.15, 0.2) is 64.4 Å². The Balaban J connectivity index is 1.65. The molecule has 5 rings (SSSR count). The largest absolute Gasteiger partial charge is 0.337 e. The van der Waals surface area contributed by atoms with Gasteiger partial charge in [-0.25, -0.2) is 14.3 Å². The monoisotopic (exact) mass is 456 g/mol. The molecule has 0 spiro atoms. The van der Waals surface area contributed by atoms with E-state index in [4.69, 9.17) is 0 Å². The molecular formula is C28H32N4O2. The molecule has 0 unspecified atom stereocenters. The van der Waals surface area contributed by atoms with E-state index in [1.807, 2.05) is 28.8 Å². The number of benzene rings is 2. The van der Waals surface area contributed by atoms with Crippen LogP contribution in [0.4, 0.5) is 0 Å². The van der Waals surface area contributed by atoms with E-state index in [2.05, 4.69) is 63.9 Å². The Bertz CT molecular complexity index is 1460. The molecule has 0 saturated heterocycles. The first-order valence-corrected chi connectivity index (χ1v) is 12.1. The summed E-state index contributed by atoms with van der Waals surface area (Å²) in [4.78, 5) is 31.5. The Morgan fingerprint density at radius 1 is 0.971 bits per heavy atom. The third-order valence-electron chi connectivity index (χ3n) is 6.75. The fraction of sp³-hybridized carbons (Fsp3) is 0.393. The van der Waals surface area contributed by atoms with Gasteiger partial charge in [-0.15, -0.1) is 0 Å². The van der Waals surface area contributed by atoms with Crippen LogP contribution in [0.5, 0.6) is 0 Å². The summed E-state index contributed by atoms with van der Waals surface area (Å²) in [5, 5.41) is 0. The van der Waals surface area contributed by atoms with E-state index in [-0.39, 0.29) is 22.7 Å². The van der Waals surface area contributed by atoms with Crippen molar-refractivity contribution in [1.29, 1.82) is 0 Å². The van der Waals surface area contributed by atoms with Crippen molar-refractivity contribution in [2.24, 2.45) is 0 Å². The maximum absolute atomic E-state index is 13.5. The van der Waals surface area contributed by atoms with Gasteiger partial charge < -0.3 is 4.57 Å². The predicted molar refractivity (Wildman–Crippen MR) is 136 cm³/mol. The molecule has 0 radical (unpaired) electrons. The standard InChI is InChI=1S/C28H32N4O2/c1-18(2)20-8-12-22(13-9-20)31-25-24(26(33)32(27(31)34)23-14-15-23)30(17-29-25)16-19-6-10-21(11-7-19)28(3,4)5/h6-13,17-18,23H,14-16H2,1-5H3. The molecule has 2 aromatic carbocycles. The van der Waals surface area contributed by atoms with E-state index in [1.165, 1.54) is 15.7 Å². The number of imidazole rings is 1. The van der Waals surface area contributed by atoms with Crippen molar-refractivity contribution >= 4 is 11.2 Å². The minimum Gasteiger partial charge on any atom is -0.320 e. The molecule has 0 N–H and O–H groups in total. The second kappa shape index (κ2) is 8.12. The topological polar surface area (TPSA) is 61.8 Å². The van der Waals surface area contributed by atoms with Crippen molar-refractivity contribution in [3.63, 3.8) is 0 Å². The second-order valence-corrected chi connectivity index (χ2v) is 10.8. The molecule has 2 aromatic heterocycles. The highest BCUT2D eigenvalue weighted by Crippen LogP contribution is 2.33. The van der Waals surface area contributed by atoms with E-state index in [9.17, 15) is 9.59 Å². The van der Waals surface area contributed by atoms with E-state index in [0.29, 0.717) is 23.6 Å². The van der Waals surface area contributed by atoms with E-state index >= 15 is 0 Å². The van der Waals surface area contributed by atoms with Crippen molar-refractivity contribution in [1.82, 2.24) is 18.7 Å². The lowest BCUT2D eigenvalue weighted by atomic mass is 9.87. The number of fused-ring (bicyclic) bond motifs is 1. The predicted octanol–water partition coefficient (Wildman–Crippen LogP) is 5.15. The Morgan fingerprint density at radius 3 is 2.18 bits per heavy atom. The third kappa shape index (κ3) is 3.91. The number of hydrogen-bond acceptors (Lipinski definition) is 3. The van der Waals surface area contributed by atoms with Gasteiger partial charge in [0.1, 0.15) is 0 Å². The molecule has 1 aliphatic rings. The van der Waals surface area contributed by atoms with Crippen LogP contribution < -0.4 is 11.2 Å². The van der Waals surface area contributed by atoms with E-state index in [1.54, 1.807) is 10.9 Å². The second-order valence-electron chi connectivity index (χ2n) is 10.8. The van der Waals surface area contributed by atoms with Gasteiger partial charge in [0.15, 0.2) is 11.2 Å². The summed E-state index contributed by atoms with van der Waals surface area (Å²) < 4.78 is 4.90. The lowest BCUT2D eigenvalue weighted by Crippen LogP contribution is -2.39. The normalized spacial score (nSPS) is 14.3. The Labute approximate surface area is 199 Å². The number of nitrogens with zero attached hydrogens (tertiary/aromatic N) is 4. The minimum absolute atomic E-state index is 0.0278.